The number of rotatable bonds is 11. The zero-order valence-electron chi connectivity index (χ0n) is 35.3. The Morgan fingerprint density at radius 1 is 0.762 bits per heavy atom. The van der Waals surface area contributed by atoms with Crippen LogP contribution >= 0.6 is 11.3 Å². The van der Waals surface area contributed by atoms with E-state index < -0.39 is 30.4 Å². The van der Waals surface area contributed by atoms with Gasteiger partial charge < -0.3 is 44.6 Å². The summed E-state index contributed by atoms with van der Waals surface area (Å²) in [5.41, 5.74) is 5.34. The summed E-state index contributed by atoms with van der Waals surface area (Å²) in [6.45, 7) is 2.83. The van der Waals surface area contributed by atoms with Gasteiger partial charge in [0.2, 0.25) is 5.91 Å². The van der Waals surface area contributed by atoms with Crippen LogP contribution < -0.4 is 10.6 Å². The van der Waals surface area contributed by atoms with Gasteiger partial charge in [-0.3, -0.25) is 9.59 Å². The van der Waals surface area contributed by atoms with Crippen molar-refractivity contribution in [3.63, 3.8) is 0 Å². The van der Waals surface area contributed by atoms with Crippen LogP contribution in [0.2, 0.25) is 0 Å². The number of imidazole rings is 2. The number of fused-ring (bicyclic) bond motifs is 4. The second-order valence-corrected chi connectivity index (χ2v) is 17.1. The number of carbonyl (C=O) groups is 4. The summed E-state index contributed by atoms with van der Waals surface area (Å²) in [4.78, 5) is 73.7. The Morgan fingerprint density at radius 3 is 2.21 bits per heavy atom. The number of methoxy groups -OCH3 is 3. The standard InChI is InChI=1S/C47H48N8O7S/c1-26(60-2)39(52-46(58)61-3)44(56)54-20-8-12-35(54)42-48-25-34(50-42)29-14-15-31-24-38(63-37(31)23-29)30-16-18-32-28(22-30)17-19-33-41(32)51-43(49-33)36-13-9-21-55(36)45(57)40(53-47(59)62-4)27-10-6-5-7-11-27/h5-7,10-11,14-19,22-26,35-36,39-40H,8-9,12-13,20-21H2,1-4H3,(H,48,50)(H,49,51)(H,52,58)(H,53,59)/t26-,35-,36-,39?,40+/m0/s1. The van der Waals surface area contributed by atoms with Crippen molar-refractivity contribution >= 4 is 67.2 Å². The van der Waals surface area contributed by atoms with E-state index in [4.69, 9.17) is 24.2 Å². The minimum atomic E-state index is -0.902. The van der Waals surface area contributed by atoms with E-state index in [1.54, 1.807) is 23.2 Å². The van der Waals surface area contributed by atoms with Crippen LogP contribution in [0.3, 0.4) is 0 Å². The molecule has 2 fully saturated rings. The minimum Gasteiger partial charge on any atom is -0.453 e. The van der Waals surface area contributed by atoms with Gasteiger partial charge in [-0.25, -0.2) is 19.6 Å². The molecule has 16 heteroatoms. The van der Waals surface area contributed by atoms with Gasteiger partial charge in [0.1, 0.15) is 23.7 Å². The van der Waals surface area contributed by atoms with Gasteiger partial charge in [-0.05, 0) is 78.8 Å². The molecule has 4 N–H and O–H groups in total. The third-order valence-electron chi connectivity index (χ3n) is 12.3. The Morgan fingerprint density at radius 2 is 1.46 bits per heavy atom. The quantitative estimate of drug-likeness (QED) is 0.0996. The molecule has 9 rings (SSSR count). The molecule has 324 valence electrons. The fraction of sp³-hybridized carbons (Fsp3) is 0.319. The molecular weight excluding hydrogens is 821 g/mol. The molecule has 1 unspecified atom stereocenters. The molecule has 2 aliphatic rings. The first kappa shape index (κ1) is 41.6. The third-order valence-corrected chi connectivity index (χ3v) is 13.4. The van der Waals surface area contributed by atoms with Gasteiger partial charge >= 0.3 is 12.2 Å². The molecule has 0 bridgehead atoms. The van der Waals surface area contributed by atoms with Crippen LogP contribution in [0.15, 0.2) is 91.1 Å². The van der Waals surface area contributed by atoms with Crippen LogP contribution in [0.4, 0.5) is 9.59 Å². The number of hydrogen-bond acceptors (Lipinski definition) is 10. The SMILES string of the molecule is COC(=O)NC(C(=O)N1CCC[C@H]1c1ncc(-c2ccc3cc(-c4ccc5c(ccc6nc([C@@H]7CCCN7C(=O)[C@H](NC(=O)OC)c7ccccc7)[nH]c65)c4)sc3c2)[nH]1)[C@H](C)OC. The lowest BCUT2D eigenvalue weighted by Gasteiger charge is -2.30. The average molecular weight is 869 g/mol. The normalized spacial score (nSPS) is 17.8. The lowest BCUT2D eigenvalue weighted by atomic mass is 10.0. The summed E-state index contributed by atoms with van der Waals surface area (Å²) in [5.74, 6) is 0.952. The molecule has 2 aliphatic heterocycles. The number of nitrogens with one attached hydrogen (secondary N) is 4. The van der Waals surface area contributed by atoms with Gasteiger partial charge in [-0.1, -0.05) is 60.7 Å². The second kappa shape index (κ2) is 17.5. The molecule has 15 nitrogen and oxygen atoms in total. The monoisotopic (exact) mass is 868 g/mol. The van der Waals surface area contributed by atoms with Crippen LogP contribution in [-0.4, -0.2) is 100 Å². The molecule has 4 amide bonds. The van der Waals surface area contributed by atoms with E-state index in [0.717, 1.165) is 79.3 Å². The van der Waals surface area contributed by atoms with Gasteiger partial charge in [0.25, 0.3) is 5.91 Å². The molecule has 2 saturated heterocycles. The van der Waals surface area contributed by atoms with Crippen molar-refractivity contribution in [3.8, 4) is 21.7 Å². The number of aromatic nitrogens is 4. The van der Waals surface area contributed by atoms with Crippen LogP contribution in [0, 0.1) is 0 Å². The van der Waals surface area contributed by atoms with E-state index in [1.807, 2.05) is 47.5 Å². The number of likely N-dealkylation sites (tertiary alicyclic amines) is 2. The summed E-state index contributed by atoms with van der Waals surface area (Å²) in [5, 5.41) is 8.59. The topological polar surface area (TPSA) is 184 Å². The van der Waals surface area contributed by atoms with Crippen LogP contribution in [0.5, 0.6) is 0 Å². The maximum Gasteiger partial charge on any atom is 0.407 e. The number of nitrogens with zero attached hydrogens (tertiary/aromatic N) is 4. The van der Waals surface area contributed by atoms with Crippen molar-refractivity contribution in [1.82, 2.24) is 40.4 Å². The van der Waals surface area contributed by atoms with E-state index >= 15 is 0 Å². The summed E-state index contributed by atoms with van der Waals surface area (Å²) < 4.78 is 16.2. The highest BCUT2D eigenvalue weighted by molar-refractivity contribution is 7.22. The first-order chi connectivity index (χ1) is 30.6. The minimum absolute atomic E-state index is 0.211. The number of alkyl carbamates (subject to hydrolysis) is 2. The van der Waals surface area contributed by atoms with Crippen molar-refractivity contribution in [3.05, 3.63) is 108 Å². The number of carbonyl (C=O) groups excluding carboxylic acids is 4. The van der Waals surface area contributed by atoms with Gasteiger partial charge in [0.05, 0.1) is 55.3 Å². The maximum atomic E-state index is 14.1. The van der Waals surface area contributed by atoms with Crippen molar-refractivity contribution in [2.24, 2.45) is 0 Å². The zero-order chi connectivity index (χ0) is 43.8. The number of thiophene rings is 1. The largest absolute Gasteiger partial charge is 0.453 e. The van der Waals surface area contributed by atoms with Crippen LogP contribution in [-0.2, 0) is 23.8 Å². The number of ether oxygens (including phenoxy) is 3. The number of H-pyrrole nitrogens is 2. The van der Waals surface area contributed by atoms with Crippen molar-refractivity contribution < 1.29 is 33.4 Å². The Labute approximate surface area is 367 Å². The average Bonchev–Trinajstić information content (AvgIpc) is 4.18. The highest BCUT2D eigenvalue weighted by atomic mass is 32.1. The van der Waals surface area contributed by atoms with E-state index in [0.29, 0.717) is 30.3 Å². The number of benzene rings is 4. The molecule has 0 aliphatic carbocycles. The molecule has 7 aromatic rings. The van der Waals surface area contributed by atoms with Gasteiger partial charge in [0, 0.05) is 40.7 Å². The second-order valence-electron chi connectivity index (χ2n) is 16.0. The lowest BCUT2D eigenvalue weighted by molar-refractivity contribution is -0.137. The van der Waals surface area contributed by atoms with Gasteiger partial charge in [-0.15, -0.1) is 11.3 Å². The van der Waals surface area contributed by atoms with E-state index in [-0.39, 0.29) is 23.9 Å². The van der Waals surface area contributed by atoms with E-state index in [1.165, 1.54) is 21.3 Å². The summed E-state index contributed by atoms with van der Waals surface area (Å²) in [6, 6.07) is 26.0. The maximum absolute atomic E-state index is 14.1. The Balaban J connectivity index is 0.937. The summed E-state index contributed by atoms with van der Waals surface area (Å²) in [6.07, 6.45) is 2.99. The molecule has 4 aromatic carbocycles. The molecule has 3 aromatic heterocycles. The predicted octanol–water partition coefficient (Wildman–Crippen LogP) is 8.17. The third kappa shape index (κ3) is 8.07. The summed E-state index contributed by atoms with van der Waals surface area (Å²) in [7, 11) is 4.05. The molecule has 0 spiro atoms. The van der Waals surface area contributed by atoms with Gasteiger partial charge in [0.15, 0.2) is 0 Å². The Hall–Kier alpha value is -6.78. The van der Waals surface area contributed by atoms with Gasteiger partial charge in [-0.2, -0.15) is 0 Å². The lowest BCUT2D eigenvalue weighted by Crippen LogP contribution is -2.54. The number of hydrogen-bond donors (Lipinski definition) is 4. The molecule has 5 atom stereocenters. The molecule has 63 heavy (non-hydrogen) atoms. The van der Waals surface area contributed by atoms with E-state index in [2.05, 4.69) is 69.1 Å². The highest BCUT2D eigenvalue weighted by Crippen LogP contribution is 2.40. The Bertz CT molecular complexity index is 2840. The molecule has 0 saturated carbocycles. The van der Waals surface area contributed by atoms with Crippen LogP contribution in [0.25, 0.3) is 53.6 Å². The fourth-order valence-corrected chi connectivity index (χ4v) is 10.0. The fourth-order valence-electron chi connectivity index (χ4n) is 8.92. The predicted molar refractivity (Wildman–Crippen MR) is 240 cm³/mol. The summed E-state index contributed by atoms with van der Waals surface area (Å²) >= 11 is 1.72. The molecular formula is C47H48N8O7S. The highest BCUT2D eigenvalue weighted by Gasteiger charge is 2.39. The van der Waals surface area contributed by atoms with Crippen molar-refractivity contribution in [1.29, 1.82) is 0 Å². The Kier molecular flexibility index (Phi) is 11.6. The van der Waals surface area contributed by atoms with Crippen molar-refractivity contribution in [2.45, 2.75) is 62.9 Å². The first-order valence-electron chi connectivity index (χ1n) is 21.0. The number of aromatic amines is 2. The molecule has 5 heterocycles. The first-order valence-corrected chi connectivity index (χ1v) is 21.8. The van der Waals surface area contributed by atoms with Crippen LogP contribution in [0.1, 0.15) is 67.9 Å². The molecule has 0 radical (unpaired) electrons. The van der Waals surface area contributed by atoms with Crippen molar-refractivity contribution in [2.75, 3.05) is 34.4 Å². The zero-order valence-corrected chi connectivity index (χ0v) is 36.2. The van der Waals surface area contributed by atoms with E-state index in [9.17, 15) is 19.2 Å². The number of amides is 4. The smallest absolute Gasteiger partial charge is 0.407 e.